The Kier molecular flexibility index (Phi) is 3.65. The van der Waals surface area contributed by atoms with Gasteiger partial charge in [0.1, 0.15) is 0 Å². The molecule has 0 amide bonds. The molecule has 3 rings (SSSR count). The lowest BCUT2D eigenvalue weighted by Gasteiger charge is -2.31. The van der Waals surface area contributed by atoms with Crippen molar-refractivity contribution in [2.24, 2.45) is 11.8 Å². The lowest BCUT2D eigenvalue weighted by Crippen LogP contribution is -2.43. The highest BCUT2D eigenvalue weighted by atomic mass is 35.5. The number of rotatable bonds is 3. The Morgan fingerprint density at radius 1 is 1.20 bits per heavy atom. The molecule has 2 unspecified atom stereocenters. The topological polar surface area (TPSA) is 46.2 Å². The van der Waals surface area contributed by atoms with Gasteiger partial charge in [0.05, 0.1) is 4.90 Å². The van der Waals surface area contributed by atoms with E-state index in [1.165, 1.54) is 11.6 Å². The quantitative estimate of drug-likeness (QED) is 0.870. The van der Waals surface area contributed by atoms with Crippen molar-refractivity contribution in [3.05, 3.63) is 41.4 Å². The molecule has 0 heterocycles. The first kappa shape index (κ1) is 14.1. The minimum absolute atomic E-state index is 0.0458. The van der Waals surface area contributed by atoms with Gasteiger partial charge in [-0.3, -0.25) is 0 Å². The summed E-state index contributed by atoms with van der Waals surface area (Å²) < 4.78 is 27.8. The number of nitrogens with one attached hydrogen (secondary N) is 1. The van der Waals surface area contributed by atoms with Gasteiger partial charge in [0, 0.05) is 11.1 Å². The van der Waals surface area contributed by atoms with Gasteiger partial charge in [-0.1, -0.05) is 29.8 Å². The van der Waals surface area contributed by atoms with Crippen LogP contribution in [0.1, 0.15) is 25.7 Å². The summed E-state index contributed by atoms with van der Waals surface area (Å²) >= 11 is 5.88. The summed E-state index contributed by atoms with van der Waals surface area (Å²) in [6, 6.07) is 6.46. The van der Waals surface area contributed by atoms with Crippen LogP contribution in [0, 0.1) is 11.8 Å². The number of hydrogen-bond donors (Lipinski definition) is 1. The minimum atomic E-state index is -3.49. The van der Waals surface area contributed by atoms with Crippen LogP contribution in [0.15, 0.2) is 41.3 Å². The van der Waals surface area contributed by atoms with Crippen LogP contribution in [0.2, 0.25) is 5.02 Å². The average molecular weight is 312 g/mol. The van der Waals surface area contributed by atoms with Crippen LogP contribution in [0.25, 0.3) is 0 Å². The summed E-state index contributed by atoms with van der Waals surface area (Å²) in [6.45, 7) is 4.06. The molecule has 0 radical (unpaired) electrons. The van der Waals surface area contributed by atoms with Crippen molar-refractivity contribution in [1.29, 1.82) is 0 Å². The molecule has 5 heteroatoms. The van der Waals surface area contributed by atoms with Crippen LogP contribution < -0.4 is 4.72 Å². The summed E-state index contributed by atoms with van der Waals surface area (Å²) in [7, 11) is -3.49. The molecule has 3 nitrogen and oxygen atoms in total. The molecule has 1 aromatic carbocycles. The molecule has 2 aliphatic rings. The number of hydrogen-bond acceptors (Lipinski definition) is 2. The van der Waals surface area contributed by atoms with Crippen molar-refractivity contribution in [1.82, 2.24) is 4.72 Å². The summed E-state index contributed by atoms with van der Waals surface area (Å²) in [5, 5.41) is 0.438. The molecule has 2 bridgehead atoms. The molecule has 2 fully saturated rings. The third-order valence-electron chi connectivity index (χ3n) is 4.42. The van der Waals surface area contributed by atoms with Crippen molar-refractivity contribution in [3.8, 4) is 0 Å². The normalized spacial score (nSPS) is 29.6. The molecule has 0 spiro atoms. The molecular weight excluding hydrogens is 294 g/mol. The second-order valence-electron chi connectivity index (χ2n) is 5.86. The Hall–Kier alpha value is -0.840. The highest BCUT2D eigenvalue weighted by molar-refractivity contribution is 7.89. The maximum Gasteiger partial charge on any atom is 0.240 e. The van der Waals surface area contributed by atoms with E-state index in [9.17, 15) is 8.42 Å². The third kappa shape index (κ3) is 2.65. The van der Waals surface area contributed by atoms with Crippen LogP contribution >= 0.6 is 11.6 Å². The van der Waals surface area contributed by atoms with Gasteiger partial charge < -0.3 is 0 Å². The highest BCUT2D eigenvalue weighted by Crippen LogP contribution is 2.44. The number of allylic oxidation sites excluding steroid dienone is 1. The Labute approximate surface area is 125 Å². The first-order valence-electron chi connectivity index (χ1n) is 6.90. The lowest BCUT2D eigenvalue weighted by atomic mass is 9.82. The van der Waals surface area contributed by atoms with Gasteiger partial charge >= 0.3 is 0 Å². The van der Waals surface area contributed by atoms with E-state index in [0.717, 1.165) is 25.7 Å². The average Bonchev–Trinajstić information content (AvgIpc) is 2.61. The predicted molar refractivity (Wildman–Crippen MR) is 80.1 cm³/mol. The molecule has 1 aromatic rings. The maximum atomic E-state index is 12.5. The molecule has 2 saturated carbocycles. The fourth-order valence-electron chi connectivity index (χ4n) is 3.53. The molecule has 1 N–H and O–H groups in total. The first-order valence-corrected chi connectivity index (χ1v) is 8.76. The molecular formula is C15H18ClNO2S. The van der Waals surface area contributed by atoms with Crippen molar-refractivity contribution < 1.29 is 8.42 Å². The number of halogens is 1. The molecule has 0 saturated heterocycles. The van der Waals surface area contributed by atoms with Gasteiger partial charge in [-0.05, 0) is 55.7 Å². The monoisotopic (exact) mass is 311 g/mol. The molecule has 20 heavy (non-hydrogen) atoms. The van der Waals surface area contributed by atoms with Gasteiger partial charge in [-0.25, -0.2) is 13.1 Å². The van der Waals surface area contributed by atoms with Crippen molar-refractivity contribution in [2.75, 3.05) is 0 Å². The van der Waals surface area contributed by atoms with E-state index in [0.29, 0.717) is 16.9 Å². The summed E-state index contributed by atoms with van der Waals surface area (Å²) in [5.74, 6) is 0.797. The van der Waals surface area contributed by atoms with Crippen LogP contribution in [0.5, 0.6) is 0 Å². The minimum Gasteiger partial charge on any atom is -0.207 e. The number of fused-ring (bicyclic) bond motifs is 2. The van der Waals surface area contributed by atoms with Crippen molar-refractivity contribution in [3.63, 3.8) is 0 Å². The molecule has 0 aliphatic heterocycles. The zero-order valence-electron chi connectivity index (χ0n) is 11.2. The van der Waals surface area contributed by atoms with E-state index in [2.05, 4.69) is 11.3 Å². The second kappa shape index (κ2) is 5.17. The predicted octanol–water partition coefficient (Wildman–Crippen LogP) is 3.36. The highest BCUT2D eigenvalue weighted by Gasteiger charge is 2.42. The smallest absolute Gasteiger partial charge is 0.207 e. The summed E-state index contributed by atoms with van der Waals surface area (Å²) in [6.07, 6.45) is 4.07. The summed E-state index contributed by atoms with van der Waals surface area (Å²) in [4.78, 5) is 0.244. The van der Waals surface area contributed by atoms with Gasteiger partial charge in [0.25, 0.3) is 0 Å². The second-order valence-corrected chi connectivity index (χ2v) is 8.01. The van der Waals surface area contributed by atoms with E-state index >= 15 is 0 Å². The Balaban J connectivity index is 1.82. The number of sulfonamides is 1. The van der Waals surface area contributed by atoms with E-state index in [4.69, 9.17) is 11.6 Å². The third-order valence-corrected chi connectivity index (χ3v) is 6.12. The Morgan fingerprint density at radius 2 is 1.85 bits per heavy atom. The molecule has 0 aromatic heterocycles. The van der Waals surface area contributed by atoms with Gasteiger partial charge in [0.2, 0.25) is 10.0 Å². The van der Waals surface area contributed by atoms with Gasteiger partial charge in [0.15, 0.2) is 0 Å². The van der Waals surface area contributed by atoms with Crippen molar-refractivity contribution >= 4 is 21.6 Å². The van der Waals surface area contributed by atoms with Gasteiger partial charge in [-0.15, -0.1) is 0 Å². The van der Waals surface area contributed by atoms with E-state index < -0.39 is 10.0 Å². The molecule has 108 valence electrons. The Morgan fingerprint density at radius 3 is 2.45 bits per heavy atom. The number of benzene rings is 1. The van der Waals surface area contributed by atoms with E-state index in [1.54, 1.807) is 18.2 Å². The largest absolute Gasteiger partial charge is 0.240 e. The zero-order valence-corrected chi connectivity index (χ0v) is 12.8. The summed E-state index contributed by atoms with van der Waals surface area (Å²) in [5.41, 5.74) is 1.26. The van der Waals surface area contributed by atoms with E-state index in [1.807, 2.05) is 0 Å². The standard InChI is InChI=1S/C15H18ClNO2S/c1-10-7-11-5-6-12(8-10)15(11)17-20(18,19)14-4-2-3-13(16)9-14/h2-4,9,11-12,15,17H,1,5-8H2. The SMILES string of the molecule is C=C1CC2CCC(C1)C2NS(=O)(=O)c1cccc(Cl)c1. The van der Waals surface area contributed by atoms with Crippen LogP contribution in [0.4, 0.5) is 0 Å². The molecule has 2 atom stereocenters. The van der Waals surface area contributed by atoms with Gasteiger partial charge in [-0.2, -0.15) is 0 Å². The van der Waals surface area contributed by atoms with E-state index in [-0.39, 0.29) is 10.9 Å². The zero-order chi connectivity index (χ0) is 14.3. The van der Waals surface area contributed by atoms with Crippen LogP contribution in [-0.4, -0.2) is 14.5 Å². The Bertz CT molecular complexity index is 625. The maximum absolute atomic E-state index is 12.5. The first-order chi connectivity index (χ1) is 9.45. The fourth-order valence-corrected chi connectivity index (χ4v) is 5.20. The van der Waals surface area contributed by atoms with Crippen LogP contribution in [0.3, 0.4) is 0 Å². The van der Waals surface area contributed by atoms with Crippen LogP contribution in [-0.2, 0) is 10.0 Å². The molecule has 2 aliphatic carbocycles. The van der Waals surface area contributed by atoms with Crippen molar-refractivity contribution in [2.45, 2.75) is 36.6 Å². The fraction of sp³-hybridized carbons (Fsp3) is 0.467. The lowest BCUT2D eigenvalue weighted by molar-refractivity contribution is 0.332.